The largest absolute Gasteiger partial charge is 0.283 e. The molecule has 0 saturated heterocycles. The van der Waals surface area contributed by atoms with E-state index in [1.165, 1.54) is 10.4 Å². The van der Waals surface area contributed by atoms with Crippen LogP contribution in [0.15, 0.2) is 40.8 Å². The molecule has 126 valence electrons. The van der Waals surface area contributed by atoms with Crippen LogP contribution in [0.1, 0.15) is 35.9 Å². The van der Waals surface area contributed by atoms with Gasteiger partial charge < -0.3 is 0 Å². The SMILES string of the molecule is CC(C)=NNC(=O)[C@H](c1ccccc1Cl)N1CCc2sccc2C1. The van der Waals surface area contributed by atoms with Crippen molar-refractivity contribution >= 4 is 34.6 Å². The second kappa shape index (κ2) is 7.47. The molecule has 1 atom stereocenters. The maximum absolute atomic E-state index is 12.8. The summed E-state index contributed by atoms with van der Waals surface area (Å²) in [5, 5.41) is 6.80. The fourth-order valence-corrected chi connectivity index (χ4v) is 4.05. The Balaban J connectivity index is 1.92. The van der Waals surface area contributed by atoms with Crippen LogP contribution in [-0.2, 0) is 17.8 Å². The molecule has 1 N–H and O–H groups in total. The lowest BCUT2D eigenvalue weighted by atomic mass is 10.0. The van der Waals surface area contributed by atoms with Crippen LogP contribution in [-0.4, -0.2) is 23.1 Å². The molecule has 0 radical (unpaired) electrons. The number of fused-ring (bicyclic) bond motifs is 1. The third-order valence-electron chi connectivity index (χ3n) is 4.04. The Bertz CT molecular complexity index is 767. The van der Waals surface area contributed by atoms with Gasteiger partial charge in [-0.15, -0.1) is 11.3 Å². The van der Waals surface area contributed by atoms with Crippen LogP contribution in [0, 0.1) is 0 Å². The lowest BCUT2D eigenvalue weighted by Crippen LogP contribution is -2.41. The number of hydrogen-bond donors (Lipinski definition) is 1. The van der Waals surface area contributed by atoms with E-state index >= 15 is 0 Å². The summed E-state index contributed by atoms with van der Waals surface area (Å²) < 4.78 is 0. The minimum atomic E-state index is -0.449. The third-order valence-corrected chi connectivity index (χ3v) is 5.41. The number of nitrogens with one attached hydrogen (secondary N) is 1. The van der Waals surface area contributed by atoms with Gasteiger partial charge in [0.1, 0.15) is 6.04 Å². The highest BCUT2D eigenvalue weighted by Crippen LogP contribution is 2.33. The molecule has 1 aliphatic rings. The van der Waals surface area contributed by atoms with Crippen molar-refractivity contribution in [3.8, 4) is 0 Å². The van der Waals surface area contributed by atoms with Crippen LogP contribution in [0.3, 0.4) is 0 Å². The molecule has 0 unspecified atom stereocenters. The van der Waals surface area contributed by atoms with E-state index in [1.807, 2.05) is 38.1 Å². The fraction of sp³-hybridized carbons (Fsp3) is 0.333. The van der Waals surface area contributed by atoms with Gasteiger partial charge in [0.15, 0.2) is 0 Å². The number of thiophene rings is 1. The van der Waals surface area contributed by atoms with E-state index in [9.17, 15) is 4.79 Å². The normalized spacial score (nSPS) is 15.5. The molecule has 4 nitrogen and oxygen atoms in total. The third kappa shape index (κ3) is 3.69. The topological polar surface area (TPSA) is 44.7 Å². The molecule has 1 aliphatic heterocycles. The molecular formula is C18H20ClN3OS. The maximum atomic E-state index is 12.8. The van der Waals surface area contributed by atoms with Crippen LogP contribution in [0.2, 0.25) is 5.02 Å². The van der Waals surface area contributed by atoms with Gasteiger partial charge in [0, 0.05) is 28.7 Å². The van der Waals surface area contributed by atoms with Crippen molar-refractivity contribution in [2.24, 2.45) is 5.10 Å². The molecule has 0 spiro atoms. The van der Waals surface area contributed by atoms with E-state index in [4.69, 9.17) is 11.6 Å². The summed E-state index contributed by atoms with van der Waals surface area (Å²) in [6, 6.07) is 9.22. The summed E-state index contributed by atoms with van der Waals surface area (Å²) in [6.07, 6.45) is 0.956. The Morgan fingerprint density at radius 1 is 1.33 bits per heavy atom. The first-order valence-corrected chi connectivity index (χ1v) is 9.16. The lowest BCUT2D eigenvalue weighted by molar-refractivity contribution is -0.127. The van der Waals surface area contributed by atoms with Crippen molar-refractivity contribution in [3.05, 3.63) is 56.7 Å². The molecule has 3 rings (SSSR count). The number of benzene rings is 1. The van der Waals surface area contributed by atoms with Gasteiger partial charge in [0.05, 0.1) is 0 Å². The Kier molecular flexibility index (Phi) is 5.33. The minimum absolute atomic E-state index is 0.150. The first-order chi connectivity index (χ1) is 11.6. The van der Waals surface area contributed by atoms with E-state index in [1.54, 1.807) is 11.3 Å². The van der Waals surface area contributed by atoms with Crippen LogP contribution >= 0.6 is 22.9 Å². The number of hydrazone groups is 1. The minimum Gasteiger partial charge on any atom is -0.283 e. The average Bonchev–Trinajstić information content (AvgIpc) is 3.03. The number of halogens is 1. The summed E-state index contributed by atoms with van der Waals surface area (Å²) in [7, 11) is 0. The zero-order chi connectivity index (χ0) is 17.1. The van der Waals surface area contributed by atoms with Gasteiger partial charge in [0.2, 0.25) is 0 Å². The molecule has 0 fully saturated rings. The van der Waals surface area contributed by atoms with E-state index in [0.29, 0.717) is 5.02 Å². The summed E-state index contributed by atoms with van der Waals surface area (Å²) in [5.41, 5.74) is 5.60. The van der Waals surface area contributed by atoms with E-state index in [0.717, 1.165) is 30.8 Å². The van der Waals surface area contributed by atoms with Gasteiger partial charge in [-0.1, -0.05) is 29.8 Å². The number of carbonyl (C=O) groups excluding carboxylic acids is 1. The Hall–Kier alpha value is -1.69. The second-order valence-corrected chi connectivity index (χ2v) is 7.46. The molecule has 2 aromatic rings. The second-order valence-electron chi connectivity index (χ2n) is 6.05. The number of rotatable bonds is 4. The predicted octanol–water partition coefficient (Wildman–Crippen LogP) is 4.01. The van der Waals surface area contributed by atoms with Gasteiger partial charge in [-0.3, -0.25) is 9.69 Å². The lowest BCUT2D eigenvalue weighted by Gasteiger charge is -2.33. The van der Waals surface area contributed by atoms with Gasteiger partial charge in [0.25, 0.3) is 5.91 Å². The van der Waals surface area contributed by atoms with Crippen molar-refractivity contribution in [3.63, 3.8) is 0 Å². The van der Waals surface area contributed by atoms with E-state index in [2.05, 4.69) is 26.9 Å². The van der Waals surface area contributed by atoms with Crippen LogP contribution in [0.4, 0.5) is 0 Å². The summed E-state index contributed by atoms with van der Waals surface area (Å²) in [6.45, 7) is 5.27. The van der Waals surface area contributed by atoms with Crippen molar-refractivity contribution in [2.45, 2.75) is 32.9 Å². The summed E-state index contributed by atoms with van der Waals surface area (Å²) >= 11 is 8.17. The van der Waals surface area contributed by atoms with Gasteiger partial charge in [-0.25, -0.2) is 5.43 Å². The zero-order valence-electron chi connectivity index (χ0n) is 13.8. The number of nitrogens with zero attached hydrogens (tertiary/aromatic N) is 2. The number of hydrogen-bond acceptors (Lipinski definition) is 4. The first kappa shape index (κ1) is 17.1. The molecule has 6 heteroatoms. The van der Waals surface area contributed by atoms with Crippen molar-refractivity contribution in [1.29, 1.82) is 0 Å². The smallest absolute Gasteiger partial charge is 0.262 e. The molecule has 1 amide bonds. The molecule has 24 heavy (non-hydrogen) atoms. The molecule has 1 aromatic heterocycles. The van der Waals surface area contributed by atoms with Crippen molar-refractivity contribution < 1.29 is 4.79 Å². The molecule has 2 heterocycles. The predicted molar refractivity (Wildman–Crippen MR) is 99.6 cm³/mol. The van der Waals surface area contributed by atoms with E-state index < -0.39 is 6.04 Å². The maximum Gasteiger partial charge on any atom is 0.262 e. The highest BCUT2D eigenvalue weighted by atomic mass is 35.5. The molecule has 0 bridgehead atoms. The molecule has 0 saturated carbocycles. The molecular weight excluding hydrogens is 342 g/mol. The zero-order valence-corrected chi connectivity index (χ0v) is 15.3. The highest BCUT2D eigenvalue weighted by Gasteiger charge is 2.32. The average molecular weight is 362 g/mol. The Morgan fingerprint density at radius 2 is 2.12 bits per heavy atom. The Labute approximate surface area is 151 Å². The summed E-state index contributed by atoms with van der Waals surface area (Å²) in [5.74, 6) is -0.150. The highest BCUT2D eigenvalue weighted by molar-refractivity contribution is 7.10. The number of carbonyl (C=O) groups is 1. The standard InChI is InChI=1S/C18H20ClN3OS/c1-12(2)20-21-18(23)17(14-5-3-4-6-15(14)19)22-9-7-16-13(11-22)8-10-24-16/h3-6,8,10,17H,7,9,11H2,1-2H3,(H,21,23)/t17-/m0/s1. The van der Waals surface area contributed by atoms with Crippen LogP contribution < -0.4 is 5.43 Å². The monoisotopic (exact) mass is 361 g/mol. The van der Waals surface area contributed by atoms with Gasteiger partial charge >= 0.3 is 0 Å². The first-order valence-electron chi connectivity index (χ1n) is 7.90. The van der Waals surface area contributed by atoms with Gasteiger partial charge in [-0.2, -0.15) is 5.10 Å². The Morgan fingerprint density at radius 3 is 2.88 bits per heavy atom. The van der Waals surface area contributed by atoms with Crippen molar-refractivity contribution in [1.82, 2.24) is 10.3 Å². The molecule has 0 aliphatic carbocycles. The summed E-state index contributed by atoms with van der Waals surface area (Å²) in [4.78, 5) is 16.4. The number of amides is 1. The fourth-order valence-electron chi connectivity index (χ4n) is 2.92. The quantitative estimate of drug-likeness (QED) is 0.660. The van der Waals surface area contributed by atoms with Crippen LogP contribution in [0.5, 0.6) is 0 Å². The van der Waals surface area contributed by atoms with Gasteiger partial charge in [-0.05, 0) is 48.9 Å². The molecule has 1 aromatic carbocycles. The van der Waals surface area contributed by atoms with Crippen molar-refractivity contribution in [2.75, 3.05) is 6.54 Å². The van der Waals surface area contributed by atoms with E-state index in [-0.39, 0.29) is 5.91 Å². The van der Waals surface area contributed by atoms with Crippen LogP contribution in [0.25, 0.3) is 0 Å².